The number of carbonyl (C=O) groups excluding carboxylic acids is 1. The first-order valence-electron chi connectivity index (χ1n) is 8.61. The van der Waals surface area contributed by atoms with Gasteiger partial charge in [0.25, 0.3) is 5.91 Å². The van der Waals surface area contributed by atoms with Crippen LogP contribution >= 0.6 is 0 Å². The summed E-state index contributed by atoms with van der Waals surface area (Å²) in [6, 6.07) is 15.6. The van der Waals surface area contributed by atoms with Gasteiger partial charge in [0.15, 0.2) is 0 Å². The minimum absolute atomic E-state index is 0.103. The quantitative estimate of drug-likeness (QED) is 0.810. The topological polar surface area (TPSA) is 56.6 Å². The number of alkyl halides is 2. The average molecular weight is 371 g/mol. The predicted molar refractivity (Wildman–Crippen MR) is 95.4 cm³/mol. The van der Waals surface area contributed by atoms with Gasteiger partial charge in [-0.15, -0.1) is 0 Å². The summed E-state index contributed by atoms with van der Waals surface area (Å²) in [6.45, 7) is 0.0585. The van der Waals surface area contributed by atoms with Crippen LogP contribution in [-0.4, -0.2) is 48.5 Å². The van der Waals surface area contributed by atoms with Crippen molar-refractivity contribution in [1.29, 1.82) is 5.26 Å². The molecule has 0 saturated carbocycles. The summed E-state index contributed by atoms with van der Waals surface area (Å²) >= 11 is 0. The monoisotopic (exact) mass is 371 g/mol. The van der Waals surface area contributed by atoms with E-state index in [0.717, 1.165) is 5.56 Å². The third kappa shape index (κ3) is 4.80. The van der Waals surface area contributed by atoms with E-state index in [1.807, 2.05) is 18.2 Å². The minimum atomic E-state index is -2.97. The standard InChI is InChI=1S/C20H19F2N3O2/c21-20(22)27-18-7-2-1-6-17(18)19(26)25-10-8-24(9-11-25)14-16-5-3-4-15(12-16)13-23/h1-7,12,20H,8-11,14H2. The Morgan fingerprint density at radius 3 is 2.56 bits per heavy atom. The van der Waals surface area contributed by atoms with E-state index in [1.54, 1.807) is 23.1 Å². The Morgan fingerprint density at radius 1 is 1.11 bits per heavy atom. The van der Waals surface area contributed by atoms with Gasteiger partial charge < -0.3 is 9.64 Å². The number of hydrogen-bond acceptors (Lipinski definition) is 4. The van der Waals surface area contributed by atoms with Crippen LogP contribution in [0.25, 0.3) is 0 Å². The van der Waals surface area contributed by atoms with E-state index in [-0.39, 0.29) is 17.2 Å². The van der Waals surface area contributed by atoms with Crippen molar-refractivity contribution in [2.24, 2.45) is 0 Å². The summed E-state index contributed by atoms with van der Waals surface area (Å²) in [5.41, 5.74) is 1.81. The average Bonchev–Trinajstić information content (AvgIpc) is 2.68. The van der Waals surface area contributed by atoms with Gasteiger partial charge in [0.05, 0.1) is 17.2 Å². The van der Waals surface area contributed by atoms with Crippen molar-refractivity contribution in [1.82, 2.24) is 9.80 Å². The number of ether oxygens (including phenoxy) is 1. The van der Waals surface area contributed by atoms with Crippen LogP contribution in [0.4, 0.5) is 8.78 Å². The number of para-hydroxylation sites is 1. The van der Waals surface area contributed by atoms with Gasteiger partial charge in [0.1, 0.15) is 5.75 Å². The van der Waals surface area contributed by atoms with Crippen LogP contribution in [0.5, 0.6) is 5.75 Å². The summed E-state index contributed by atoms with van der Waals surface area (Å²) in [6.07, 6.45) is 0. The van der Waals surface area contributed by atoms with Crippen molar-refractivity contribution in [2.75, 3.05) is 26.2 Å². The lowest BCUT2D eigenvalue weighted by Gasteiger charge is -2.35. The smallest absolute Gasteiger partial charge is 0.387 e. The highest BCUT2D eigenvalue weighted by atomic mass is 19.3. The molecule has 2 aromatic rings. The van der Waals surface area contributed by atoms with Gasteiger partial charge in [-0.25, -0.2) is 0 Å². The first-order valence-corrected chi connectivity index (χ1v) is 8.61. The van der Waals surface area contributed by atoms with Gasteiger partial charge >= 0.3 is 6.61 Å². The fraction of sp³-hybridized carbons (Fsp3) is 0.300. The van der Waals surface area contributed by atoms with Crippen molar-refractivity contribution in [3.05, 3.63) is 65.2 Å². The summed E-state index contributed by atoms with van der Waals surface area (Å²) in [7, 11) is 0. The fourth-order valence-electron chi connectivity index (χ4n) is 3.12. The molecule has 0 N–H and O–H groups in total. The van der Waals surface area contributed by atoms with Crippen LogP contribution in [0.1, 0.15) is 21.5 Å². The fourth-order valence-corrected chi connectivity index (χ4v) is 3.12. The van der Waals surface area contributed by atoms with Crippen molar-refractivity contribution < 1.29 is 18.3 Å². The van der Waals surface area contributed by atoms with Crippen molar-refractivity contribution in [3.63, 3.8) is 0 Å². The second-order valence-electron chi connectivity index (χ2n) is 6.26. The van der Waals surface area contributed by atoms with E-state index < -0.39 is 6.61 Å². The summed E-state index contributed by atoms with van der Waals surface area (Å²) in [5.74, 6) is -0.411. The predicted octanol–water partition coefficient (Wildman–Crippen LogP) is 3.12. The maximum absolute atomic E-state index is 12.7. The van der Waals surface area contributed by atoms with E-state index >= 15 is 0 Å². The molecule has 1 heterocycles. The highest BCUT2D eigenvalue weighted by Crippen LogP contribution is 2.22. The van der Waals surface area contributed by atoms with Crippen molar-refractivity contribution in [3.8, 4) is 11.8 Å². The van der Waals surface area contributed by atoms with E-state index in [9.17, 15) is 13.6 Å². The SMILES string of the molecule is N#Cc1cccc(CN2CCN(C(=O)c3ccccc3OC(F)F)CC2)c1. The first kappa shape index (κ1) is 18.8. The maximum Gasteiger partial charge on any atom is 0.387 e. The second-order valence-corrected chi connectivity index (χ2v) is 6.26. The number of piperazine rings is 1. The van der Waals surface area contributed by atoms with Crippen LogP contribution in [0.15, 0.2) is 48.5 Å². The highest BCUT2D eigenvalue weighted by molar-refractivity contribution is 5.97. The molecular formula is C20H19F2N3O2. The van der Waals surface area contributed by atoms with Crippen LogP contribution in [0.2, 0.25) is 0 Å². The van der Waals surface area contributed by atoms with E-state index in [2.05, 4.69) is 15.7 Å². The molecule has 1 amide bonds. The van der Waals surface area contributed by atoms with Gasteiger partial charge in [-0.2, -0.15) is 14.0 Å². The molecule has 27 heavy (non-hydrogen) atoms. The molecule has 2 aromatic carbocycles. The Kier molecular flexibility index (Phi) is 5.99. The van der Waals surface area contributed by atoms with Gasteiger partial charge in [-0.3, -0.25) is 9.69 Å². The Balaban J connectivity index is 1.61. The van der Waals surface area contributed by atoms with E-state index in [1.165, 1.54) is 12.1 Å². The number of halogens is 2. The number of carbonyl (C=O) groups is 1. The molecule has 1 saturated heterocycles. The summed E-state index contributed by atoms with van der Waals surface area (Å²) in [5, 5.41) is 8.98. The molecule has 3 rings (SSSR count). The lowest BCUT2D eigenvalue weighted by molar-refractivity contribution is -0.0503. The van der Waals surface area contributed by atoms with Gasteiger partial charge in [-0.1, -0.05) is 24.3 Å². The molecule has 0 bridgehead atoms. The molecular weight excluding hydrogens is 352 g/mol. The molecule has 0 aromatic heterocycles. The number of nitrogens with zero attached hydrogens (tertiary/aromatic N) is 3. The Hall–Kier alpha value is -2.98. The van der Waals surface area contributed by atoms with Crippen LogP contribution < -0.4 is 4.74 Å². The molecule has 0 unspecified atom stereocenters. The summed E-state index contributed by atoms with van der Waals surface area (Å²) in [4.78, 5) is 16.5. The number of nitriles is 1. The lowest BCUT2D eigenvalue weighted by atomic mass is 10.1. The molecule has 0 spiro atoms. The zero-order valence-corrected chi connectivity index (χ0v) is 14.6. The molecule has 0 atom stereocenters. The van der Waals surface area contributed by atoms with Crippen LogP contribution in [0.3, 0.4) is 0 Å². The molecule has 5 nitrogen and oxygen atoms in total. The van der Waals surface area contributed by atoms with E-state index in [4.69, 9.17) is 5.26 Å². The molecule has 1 aliphatic heterocycles. The first-order chi connectivity index (χ1) is 13.1. The third-order valence-electron chi connectivity index (χ3n) is 4.46. The molecule has 140 valence electrons. The van der Waals surface area contributed by atoms with Crippen LogP contribution in [0, 0.1) is 11.3 Å². The Labute approximate surface area is 156 Å². The molecule has 1 fully saturated rings. The molecule has 1 aliphatic rings. The van der Waals surface area contributed by atoms with Crippen molar-refractivity contribution in [2.45, 2.75) is 13.2 Å². The highest BCUT2D eigenvalue weighted by Gasteiger charge is 2.25. The molecule has 0 aliphatic carbocycles. The van der Waals surface area contributed by atoms with Gasteiger partial charge in [-0.05, 0) is 29.8 Å². The number of amides is 1. The van der Waals surface area contributed by atoms with Crippen LogP contribution in [-0.2, 0) is 6.54 Å². The zero-order chi connectivity index (χ0) is 19.2. The number of benzene rings is 2. The van der Waals surface area contributed by atoms with E-state index in [0.29, 0.717) is 38.3 Å². The minimum Gasteiger partial charge on any atom is -0.434 e. The molecule has 0 radical (unpaired) electrons. The zero-order valence-electron chi connectivity index (χ0n) is 14.6. The number of hydrogen-bond donors (Lipinski definition) is 0. The maximum atomic E-state index is 12.7. The third-order valence-corrected chi connectivity index (χ3v) is 4.46. The Morgan fingerprint density at radius 2 is 1.85 bits per heavy atom. The molecule has 7 heteroatoms. The summed E-state index contributed by atoms with van der Waals surface area (Å²) < 4.78 is 29.6. The Bertz CT molecular complexity index is 843. The second kappa shape index (κ2) is 8.60. The largest absolute Gasteiger partial charge is 0.434 e. The van der Waals surface area contributed by atoms with Gasteiger partial charge in [0.2, 0.25) is 0 Å². The number of rotatable bonds is 5. The normalized spacial score (nSPS) is 14.8. The lowest BCUT2D eigenvalue weighted by Crippen LogP contribution is -2.48. The van der Waals surface area contributed by atoms with Crippen molar-refractivity contribution >= 4 is 5.91 Å². The van der Waals surface area contributed by atoms with Gasteiger partial charge in [0, 0.05) is 32.7 Å².